The standard InChI is InChI=1S/C18H19FN2O2/c1-3-22-17-9-13-8-12(2)23-18(13)10-14(17)11-20-21-16-6-4-15(19)5-7-16/h4-7,9-12,21H,3,8H2,1-2H3/b20-11-/t12-/m0/s1. The number of nitrogens with zero attached hydrogens (tertiary/aromatic N) is 1. The van der Waals surface area contributed by atoms with Gasteiger partial charge in [-0.05, 0) is 50.2 Å². The van der Waals surface area contributed by atoms with E-state index in [2.05, 4.69) is 10.5 Å². The molecule has 1 N–H and O–H groups in total. The maximum atomic E-state index is 12.9. The lowest BCUT2D eigenvalue weighted by Crippen LogP contribution is -2.05. The molecular weight excluding hydrogens is 295 g/mol. The second-order valence-corrected chi connectivity index (χ2v) is 5.44. The highest BCUT2D eigenvalue weighted by atomic mass is 19.1. The van der Waals surface area contributed by atoms with E-state index in [9.17, 15) is 4.39 Å². The molecule has 2 aromatic carbocycles. The van der Waals surface area contributed by atoms with Gasteiger partial charge in [0.2, 0.25) is 0 Å². The molecule has 0 saturated carbocycles. The number of hydrogen-bond donors (Lipinski definition) is 1. The van der Waals surface area contributed by atoms with Crippen molar-refractivity contribution in [2.24, 2.45) is 5.10 Å². The minimum absolute atomic E-state index is 0.184. The molecule has 3 rings (SSSR count). The van der Waals surface area contributed by atoms with E-state index in [0.29, 0.717) is 12.3 Å². The molecule has 120 valence electrons. The van der Waals surface area contributed by atoms with Crippen molar-refractivity contribution < 1.29 is 13.9 Å². The Bertz CT molecular complexity index is 714. The van der Waals surface area contributed by atoms with E-state index in [1.165, 1.54) is 12.1 Å². The van der Waals surface area contributed by atoms with Crippen molar-refractivity contribution in [3.05, 3.63) is 53.3 Å². The van der Waals surface area contributed by atoms with Crippen molar-refractivity contribution in [1.29, 1.82) is 0 Å². The van der Waals surface area contributed by atoms with Crippen LogP contribution in [0.1, 0.15) is 25.0 Å². The molecule has 0 aromatic heterocycles. The van der Waals surface area contributed by atoms with E-state index in [-0.39, 0.29) is 11.9 Å². The minimum Gasteiger partial charge on any atom is -0.493 e. The van der Waals surface area contributed by atoms with E-state index in [0.717, 1.165) is 29.0 Å². The average molecular weight is 314 g/mol. The van der Waals surface area contributed by atoms with Crippen LogP contribution >= 0.6 is 0 Å². The van der Waals surface area contributed by atoms with Crippen LogP contribution in [-0.2, 0) is 6.42 Å². The Morgan fingerprint density at radius 2 is 2.13 bits per heavy atom. The summed E-state index contributed by atoms with van der Waals surface area (Å²) < 4.78 is 24.3. The smallest absolute Gasteiger partial charge is 0.128 e. The van der Waals surface area contributed by atoms with Crippen molar-refractivity contribution in [2.45, 2.75) is 26.4 Å². The van der Waals surface area contributed by atoms with Gasteiger partial charge in [0.15, 0.2) is 0 Å². The summed E-state index contributed by atoms with van der Waals surface area (Å²) in [5.74, 6) is 1.39. The van der Waals surface area contributed by atoms with Gasteiger partial charge < -0.3 is 9.47 Å². The number of rotatable bonds is 5. The summed E-state index contributed by atoms with van der Waals surface area (Å²) in [6.45, 7) is 4.58. The lowest BCUT2D eigenvalue weighted by Gasteiger charge is -2.09. The van der Waals surface area contributed by atoms with Crippen LogP contribution in [0.5, 0.6) is 11.5 Å². The van der Waals surface area contributed by atoms with E-state index in [1.807, 2.05) is 26.0 Å². The zero-order valence-corrected chi connectivity index (χ0v) is 13.2. The number of fused-ring (bicyclic) bond motifs is 1. The predicted octanol–water partition coefficient (Wildman–Crippen LogP) is 3.99. The lowest BCUT2D eigenvalue weighted by atomic mass is 10.1. The van der Waals surface area contributed by atoms with Crippen molar-refractivity contribution in [3.8, 4) is 11.5 Å². The van der Waals surface area contributed by atoms with Gasteiger partial charge in [0.1, 0.15) is 23.4 Å². The SMILES string of the molecule is CCOc1cc2c(cc1/C=N\Nc1ccc(F)cc1)O[C@@H](C)C2. The molecule has 1 atom stereocenters. The first-order valence-corrected chi connectivity index (χ1v) is 7.66. The highest BCUT2D eigenvalue weighted by Gasteiger charge is 2.21. The summed E-state index contributed by atoms with van der Waals surface area (Å²) in [5.41, 5.74) is 5.59. The van der Waals surface area contributed by atoms with E-state index < -0.39 is 0 Å². The quantitative estimate of drug-likeness (QED) is 0.670. The summed E-state index contributed by atoms with van der Waals surface area (Å²) in [6.07, 6.45) is 2.76. The second-order valence-electron chi connectivity index (χ2n) is 5.44. The average Bonchev–Trinajstić information content (AvgIpc) is 2.89. The molecule has 0 amide bonds. The van der Waals surface area contributed by atoms with Crippen LogP contribution in [0.25, 0.3) is 0 Å². The third-order valence-corrected chi connectivity index (χ3v) is 3.57. The van der Waals surface area contributed by atoms with E-state index >= 15 is 0 Å². The van der Waals surface area contributed by atoms with Gasteiger partial charge in [-0.15, -0.1) is 0 Å². The summed E-state index contributed by atoms with van der Waals surface area (Å²) in [5, 5.41) is 4.20. The lowest BCUT2D eigenvalue weighted by molar-refractivity contribution is 0.254. The zero-order valence-electron chi connectivity index (χ0n) is 13.2. The third-order valence-electron chi connectivity index (χ3n) is 3.57. The predicted molar refractivity (Wildman–Crippen MR) is 89.0 cm³/mol. The molecule has 0 bridgehead atoms. The highest BCUT2D eigenvalue weighted by molar-refractivity contribution is 5.85. The topological polar surface area (TPSA) is 42.8 Å². The van der Waals surface area contributed by atoms with Gasteiger partial charge in [0.25, 0.3) is 0 Å². The summed E-state index contributed by atoms with van der Waals surface area (Å²) in [6, 6.07) is 9.98. The Morgan fingerprint density at radius 1 is 1.35 bits per heavy atom. The van der Waals surface area contributed by atoms with E-state index in [4.69, 9.17) is 9.47 Å². The molecule has 4 nitrogen and oxygen atoms in total. The van der Waals surface area contributed by atoms with Gasteiger partial charge in [-0.3, -0.25) is 5.43 Å². The summed E-state index contributed by atoms with van der Waals surface area (Å²) >= 11 is 0. The Kier molecular flexibility index (Phi) is 4.46. The van der Waals surface area contributed by atoms with Crippen molar-refractivity contribution >= 4 is 11.9 Å². The number of anilines is 1. The molecule has 0 unspecified atom stereocenters. The number of hydrazone groups is 1. The van der Waals surface area contributed by atoms with Gasteiger partial charge in [-0.25, -0.2) is 4.39 Å². The van der Waals surface area contributed by atoms with Crippen LogP contribution in [0.4, 0.5) is 10.1 Å². The van der Waals surface area contributed by atoms with Crippen LogP contribution in [0.2, 0.25) is 0 Å². The summed E-state index contributed by atoms with van der Waals surface area (Å²) in [7, 11) is 0. The fourth-order valence-electron chi connectivity index (χ4n) is 2.54. The molecule has 1 aliphatic rings. The van der Waals surface area contributed by atoms with Crippen LogP contribution in [-0.4, -0.2) is 18.9 Å². The molecule has 0 saturated heterocycles. The van der Waals surface area contributed by atoms with Crippen molar-refractivity contribution in [2.75, 3.05) is 12.0 Å². The zero-order chi connectivity index (χ0) is 16.2. The van der Waals surface area contributed by atoms with Crippen LogP contribution < -0.4 is 14.9 Å². The largest absolute Gasteiger partial charge is 0.493 e. The van der Waals surface area contributed by atoms with Crippen LogP contribution in [0, 0.1) is 5.82 Å². The molecule has 23 heavy (non-hydrogen) atoms. The fourth-order valence-corrected chi connectivity index (χ4v) is 2.54. The number of nitrogens with one attached hydrogen (secondary N) is 1. The van der Waals surface area contributed by atoms with Gasteiger partial charge >= 0.3 is 0 Å². The van der Waals surface area contributed by atoms with Crippen LogP contribution in [0.15, 0.2) is 41.5 Å². The van der Waals surface area contributed by atoms with Gasteiger partial charge in [-0.1, -0.05) is 0 Å². The third kappa shape index (κ3) is 3.62. The Balaban J connectivity index is 1.79. The van der Waals surface area contributed by atoms with E-state index in [1.54, 1.807) is 18.3 Å². The molecular formula is C18H19FN2O2. The highest BCUT2D eigenvalue weighted by Crippen LogP contribution is 2.34. The Morgan fingerprint density at radius 3 is 2.87 bits per heavy atom. The Labute approximate surface area is 134 Å². The minimum atomic E-state index is -0.275. The Hall–Kier alpha value is -2.56. The molecule has 0 fully saturated rings. The number of ether oxygens (including phenoxy) is 2. The molecule has 2 aromatic rings. The first-order valence-electron chi connectivity index (χ1n) is 7.66. The molecule has 0 aliphatic carbocycles. The maximum Gasteiger partial charge on any atom is 0.128 e. The summed E-state index contributed by atoms with van der Waals surface area (Å²) in [4.78, 5) is 0. The fraction of sp³-hybridized carbons (Fsp3) is 0.278. The second kappa shape index (κ2) is 6.69. The first-order chi connectivity index (χ1) is 11.2. The van der Waals surface area contributed by atoms with Gasteiger partial charge in [0, 0.05) is 17.5 Å². The molecule has 1 heterocycles. The number of halogens is 1. The normalized spacial score (nSPS) is 16.2. The van der Waals surface area contributed by atoms with Crippen molar-refractivity contribution in [1.82, 2.24) is 0 Å². The maximum absolute atomic E-state index is 12.9. The number of hydrogen-bond acceptors (Lipinski definition) is 4. The molecule has 5 heteroatoms. The molecule has 0 spiro atoms. The van der Waals surface area contributed by atoms with Crippen LogP contribution in [0.3, 0.4) is 0 Å². The molecule has 0 radical (unpaired) electrons. The molecule has 1 aliphatic heterocycles. The number of benzene rings is 2. The first kappa shape index (κ1) is 15.3. The monoisotopic (exact) mass is 314 g/mol. The van der Waals surface area contributed by atoms with Gasteiger partial charge in [-0.2, -0.15) is 5.10 Å². The van der Waals surface area contributed by atoms with Gasteiger partial charge in [0.05, 0.1) is 18.5 Å². The van der Waals surface area contributed by atoms with Crippen molar-refractivity contribution in [3.63, 3.8) is 0 Å².